The number of benzene rings is 1. The summed E-state index contributed by atoms with van der Waals surface area (Å²) >= 11 is 0. The summed E-state index contributed by atoms with van der Waals surface area (Å²) in [6, 6.07) is 10.8. The van der Waals surface area contributed by atoms with Gasteiger partial charge in [-0.1, -0.05) is 66.8 Å². The van der Waals surface area contributed by atoms with Crippen LogP contribution in [0.5, 0.6) is 0 Å². The van der Waals surface area contributed by atoms with Gasteiger partial charge in [-0.3, -0.25) is 9.39 Å². The molecule has 0 amide bonds. The first-order valence-electron chi connectivity index (χ1n) is 11.9. The zero-order valence-electron chi connectivity index (χ0n) is 18.8. The van der Waals surface area contributed by atoms with Gasteiger partial charge in [0, 0.05) is 36.3 Å². The molecule has 35 heavy (non-hydrogen) atoms. The first kappa shape index (κ1) is 18.8. The minimum absolute atomic E-state index is 0.109. The number of hydrogen-bond acceptors (Lipinski definition) is 3. The fraction of sp³-hybridized carbons (Fsp3) is 0.0645. The summed E-state index contributed by atoms with van der Waals surface area (Å²) in [6.45, 7) is 0. The number of rotatable bonds is 2. The van der Waals surface area contributed by atoms with Gasteiger partial charge in [-0.05, 0) is 62.8 Å². The standard InChI is InChI=1S/C31H20N4/c1-3-23-17-22-10-12-25-24(11-8-21-9-13-26(29(22)28(21)25)30(23)32-14-1)19-4-6-20(7-5-19)27-18-35-16-2-15-33-31(35)34-27/h1-18,28,30H. The molecule has 3 aromatic rings. The third-order valence-corrected chi connectivity index (χ3v) is 7.48. The van der Waals surface area contributed by atoms with E-state index in [9.17, 15) is 0 Å². The number of aliphatic imine (C=N–C) groups is 1. The van der Waals surface area contributed by atoms with Crippen molar-refractivity contribution in [1.82, 2.24) is 14.4 Å². The third-order valence-electron chi connectivity index (χ3n) is 7.48. The van der Waals surface area contributed by atoms with Crippen molar-refractivity contribution in [2.24, 2.45) is 10.9 Å². The summed E-state index contributed by atoms with van der Waals surface area (Å²) in [5, 5.41) is 0. The van der Waals surface area contributed by atoms with E-state index in [1.54, 1.807) is 6.20 Å². The van der Waals surface area contributed by atoms with Crippen molar-refractivity contribution < 1.29 is 0 Å². The van der Waals surface area contributed by atoms with Gasteiger partial charge in [0.15, 0.2) is 0 Å². The lowest BCUT2D eigenvalue weighted by molar-refractivity contribution is 0.786. The van der Waals surface area contributed by atoms with Gasteiger partial charge in [-0.2, -0.15) is 0 Å². The minimum Gasteiger partial charge on any atom is -0.291 e. The molecule has 4 heteroatoms. The number of aromatic nitrogens is 3. The summed E-state index contributed by atoms with van der Waals surface area (Å²) < 4.78 is 1.95. The SMILES string of the molecule is C1=CC2=CC3=C4C(=CC=C5C=CC(c6ccc(-c7cn8cccnc8n7)cc6)=C(C=C3)C54)C2N=C1. The minimum atomic E-state index is 0.109. The summed E-state index contributed by atoms with van der Waals surface area (Å²) in [5.74, 6) is 0.976. The van der Waals surface area contributed by atoms with Crippen LogP contribution in [0.4, 0.5) is 0 Å². The van der Waals surface area contributed by atoms with Gasteiger partial charge < -0.3 is 0 Å². The largest absolute Gasteiger partial charge is 0.291 e. The van der Waals surface area contributed by atoms with Crippen molar-refractivity contribution in [2.75, 3.05) is 0 Å². The van der Waals surface area contributed by atoms with Crippen LogP contribution in [-0.2, 0) is 0 Å². The molecule has 4 nitrogen and oxygen atoms in total. The maximum atomic E-state index is 4.81. The van der Waals surface area contributed by atoms with Gasteiger partial charge in [-0.25, -0.2) is 9.97 Å². The molecule has 0 N–H and O–H groups in total. The van der Waals surface area contributed by atoms with Gasteiger partial charge in [0.2, 0.25) is 5.78 Å². The van der Waals surface area contributed by atoms with Gasteiger partial charge >= 0.3 is 0 Å². The van der Waals surface area contributed by atoms with Crippen LogP contribution in [0, 0.1) is 5.92 Å². The van der Waals surface area contributed by atoms with E-state index in [-0.39, 0.29) is 12.0 Å². The Bertz CT molecular complexity index is 1690. The summed E-state index contributed by atoms with van der Waals surface area (Å²) in [6.07, 6.45) is 27.9. The van der Waals surface area contributed by atoms with Gasteiger partial charge in [-0.15, -0.1) is 0 Å². The van der Waals surface area contributed by atoms with E-state index in [2.05, 4.69) is 82.8 Å². The van der Waals surface area contributed by atoms with Crippen LogP contribution in [0.3, 0.4) is 0 Å². The lowest BCUT2D eigenvalue weighted by Crippen LogP contribution is -2.29. The fourth-order valence-corrected chi connectivity index (χ4v) is 5.86. The lowest BCUT2D eigenvalue weighted by Gasteiger charge is -2.39. The molecule has 0 saturated carbocycles. The Morgan fingerprint density at radius 2 is 1.77 bits per heavy atom. The Kier molecular flexibility index (Phi) is 3.74. The fourth-order valence-electron chi connectivity index (χ4n) is 5.86. The molecule has 4 aliphatic carbocycles. The molecule has 3 heterocycles. The third kappa shape index (κ3) is 2.71. The van der Waals surface area contributed by atoms with Crippen LogP contribution >= 0.6 is 0 Å². The predicted octanol–water partition coefficient (Wildman–Crippen LogP) is 6.02. The van der Waals surface area contributed by atoms with Crippen molar-refractivity contribution >= 4 is 17.6 Å². The maximum Gasteiger partial charge on any atom is 0.234 e. The zero-order valence-corrected chi connectivity index (χ0v) is 18.8. The molecular weight excluding hydrogens is 428 g/mol. The van der Waals surface area contributed by atoms with Crippen molar-refractivity contribution in [2.45, 2.75) is 6.04 Å². The molecule has 0 bridgehead atoms. The van der Waals surface area contributed by atoms with E-state index < -0.39 is 0 Å². The Labute approximate surface area is 202 Å². The first-order valence-corrected chi connectivity index (χ1v) is 11.9. The van der Waals surface area contributed by atoms with E-state index >= 15 is 0 Å². The van der Waals surface area contributed by atoms with Gasteiger partial charge in [0.25, 0.3) is 0 Å². The monoisotopic (exact) mass is 448 g/mol. The molecular formula is C31H20N4. The molecule has 0 radical (unpaired) electrons. The van der Waals surface area contributed by atoms with Crippen LogP contribution < -0.4 is 0 Å². The number of imidazole rings is 1. The summed E-state index contributed by atoms with van der Waals surface area (Å²) in [7, 11) is 0. The Morgan fingerprint density at radius 1 is 0.857 bits per heavy atom. The average molecular weight is 449 g/mol. The van der Waals surface area contributed by atoms with E-state index in [1.807, 2.05) is 35.2 Å². The lowest BCUT2D eigenvalue weighted by atomic mass is 9.65. The highest BCUT2D eigenvalue weighted by atomic mass is 15.1. The second kappa shape index (κ2) is 6.97. The van der Waals surface area contributed by atoms with Crippen LogP contribution in [0.25, 0.3) is 22.6 Å². The molecule has 2 unspecified atom stereocenters. The molecule has 8 rings (SSSR count). The van der Waals surface area contributed by atoms with Crippen LogP contribution in [-0.4, -0.2) is 26.6 Å². The molecule has 5 aliphatic rings. The van der Waals surface area contributed by atoms with Crippen LogP contribution in [0.2, 0.25) is 0 Å². The van der Waals surface area contributed by atoms with Crippen molar-refractivity contribution in [1.29, 1.82) is 0 Å². The van der Waals surface area contributed by atoms with Crippen LogP contribution in [0.1, 0.15) is 5.56 Å². The quantitative estimate of drug-likeness (QED) is 0.481. The Morgan fingerprint density at radius 3 is 2.69 bits per heavy atom. The maximum absolute atomic E-state index is 4.81. The van der Waals surface area contributed by atoms with Gasteiger partial charge in [0.05, 0.1) is 5.69 Å². The van der Waals surface area contributed by atoms with E-state index in [0.717, 1.165) is 11.3 Å². The summed E-state index contributed by atoms with van der Waals surface area (Å²) in [4.78, 5) is 13.8. The topological polar surface area (TPSA) is 42.5 Å². The normalized spacial score (nSPS) is 23.3. The number of hydrogen-bond donors (Lipinski definition) is 0. The second-order valence-corrected chi connectivity index (χ2v) is 9.36. The highest BCUT2D eigenvalue weighted by Gasteiger charge is 2.38. The van der Waals surface area contributed by atoms with Crippen molar-refractivity contribution in [3.05, 3.63) is 143 Å². The molecule has 2 atom stereocenters. The number of dihydropyridines is 1. The molecule has 0 spiro atoms. The summed E-state index contributed by atoms with van der Waals surface area (Å²) in [5.41, 5.74) is 12.6. The Hall–Kier alpha value is -4.57. The molecule has 164 valence electrons. The molecule has 1 aliphatic heterocycles. The van der Waals surface area contributed by atoms with E-state index in [0.29, 0.717) is 5.78 Å². The zero-order chi connectivity index (χ0) is 22.9. The highest BCUT2D eigenvalue weighted by Crippen LogP contribution is 2.51. The van der Waals surface area contributed by atoms with Crippen molar-refractivity contribution in [3.63, 3.8) is 0 Å². The Balaban J connectivity index is 1.21. The van der Waals surface area contributed by atoms with Gasteiger partial charge in [0.1, 0.15) is 6.04 Å². The van der Waals surface area contributed by atoms with Crippen molar-refractivity contribution in [3.8, 4) is 11.3 Å². The highest BCUT2D eigenvalue weighted by molar-refractivity contribution is 5.87. The van der Waals surface area contributed by atoms with Crippen LogP contribution in [0.15, 0.2) is 142 Å². The molecule has 0 fully saturated rings. The van der Waals surface area contributed by atoms with E-state index in [4.69, 9.17) is 4.99 Å². The number of nitrogens with zero attached hydrogens (tertiary/aromatic N) is 4. The molecule has 1 aromatic carbocycles. The molecule has 2 aromatic heterocycles. The second-order valence-electron chi connectivity index (χ2n) is 9.36. The first-order chi connectivity index (χ1) is 17.3. The smallest absolute Gasteiger partial charge is 0.234 e. The predicted molar refractivity (Wildman–Crippen MR) is 140 cm³/mol. The number of allylic oxidation sites excluding steroid dienone is 12. The molecule has 0 saturated heterocycles. The number of fused-ring (bicyclic) bond motifs is 3. The average Bonchev–Trinajstić information content (AvgIpc) is 3.36. The van der Waals surface area contributed by atoms with E-state index in [1.165, 1.54) is 44.6 Å².